The van der Waals surface area contributed by atoms with Gasteiger partial charge in [0.2, 0.25) is 5.75 Å². The number of benzene rings is 1. The van der Waals surface area contributed by atoms with Gasteiger partial charge in [-0.3, -0.25) is 4.79 Å². The van der Waals surface area contributed by atoms with Gasteiger partial charge >= 0.3 is 0 Å². The highest BCUT2D eigenvalue weighted by Gasteiger charge is 2.16. The smallest absolute Gasteiger partial charge is 0.251 e. The zero-order chi connectivity index (χ0) is 15.0. The van der Waals surface area contributed by atoms with Crippen molar-refractivity contribution in [3.05, 3.63) is 17.7 Å². The van der Waals surface area contributed by atoms with Crippen LogP contribution in [0.4, 0.5) is 0 Å². The molecule has 5 nitrogen and oxygen atoms in total. The molecule has 0 spiro atoms. The fraction of sp³-hybridized carbons (Fsp3) is 0.400. The van der Waals surface area contributed by atoms with Crippen LogP contribution in [-0.4, -0.2) is 33.8 Å². The van der Waals surface area contributed by atoms with Gasteiger partial charge in [0.05, 0.1) is 21.3 Å². The number of hydrogen-bond donors (Lipinski definition) is 1. The van der Waals surface area contributed by atoms with Crippen molar-refractivity contribution in [2.24, 2.45) is 0 Å². The molecule has 0 fully saturated rings. The van der Waals surface area contributed by atoms with Gasteiger partial charge in [-0.25, -0.2) is 0 Å². The average molecular weight is 277 g/mol. The third kappa shape index (κ3) is 3.82. The van der Waals surface area contributed by atoms with E-state index in [0.29, 0.717) is 35.8 Å². The van der Waals surface area contributed by atoms with Crippen molar-refractivity contribution in [3.63, 3.8) is 0 Å². The summed E-state index contributed by atoms with van der Waals surface area (Å²) in [5.74, 6) is 3.67. The number of hydrogen-bond acceptors (Lipinski definition) is 4. The van der Waals surface area contributed by atoms with Crippen LogP contribution in [0.3, 0.4) is 0 Å². The first-order valence-electron chi connectivity index (χ1n) is 6.19. The van der Waals surface area contributed by atoms with Crippen LogP contribution in [0.25, 0.3) is 0 Å². The summed E-state index contributed by atoms with van der Waals surface area (Å²) < 4.78 is 15.6. The Morgan fingerprint density at radius 1 is 1.20 bits per heavy atom. The maximum Gasteiger partial charge on any atom is 0.251 e. The van der Waals surface area contributed by atoms with E-state index in [4.69, 9.17) is 20.6 Å². The average Bonchev–Trinajstić information content (AvgIpc) is 2.49. The molecule has 0 aliphatic carbocycles. The molecule has 0 saturated heterocycles. The fourth-order valence-corrected chi connectivity index (χ4v) is 1.71. The van der Waals surface area contributed by atoms with Crippen LogP contribution >= 0.6 is 0 Å². The molecule has 0 aliphatic heterocycles. The Morgan fingerprint density at radius 3 is 2.25 bits per heavy atom. The summed E-state index contributed by atoms with van der Waals surface area (Å²) in [6.45, 7) is 0.527. The molecule has 1 N–H and O–H groups in total. The number of amides is 1. The predicted molar refractivity (Wildman–Crippen MR) is 76.5 cm³/mol. The number of carbonyl (C=O) groups excluding carboxylic acids is 1. The number of terminal acetylenes is 1. The highest BCUT2D eigenvalue weighted by atomic mass is 16.5. The van der Waals surface area contributed by atoms with Gasteiger partial charge in [-0.1, -0.05) is 0 Å². The van der Waals surface area contributed by atoms with Gasteiger partial charge in [0, 0.05) is 18.5 Å². The number of ether oxygens (including phenoxy) is 3. The Kier molecular flexibility index (Phi) is 6.24. The minimum Gasteiger partial charge on any atom is -0.493 e. The second-order valence-corrected chi connectivity index (χ2v) is 3.98. The van der Waals surface area contributed by atoms with Crippen LogP contribution in [0.5, 0.6) is 17.2 Å². The molecule has 0 bridgehead atoms. The Bertz CT molecular complexity index is 480. The van der Waals surface area contributed by atoms with Crippen LogP contribution in [0.2, 0.25) is 0 Å². The lowest BCUT2D eigenvalue weighted by molar-refractivity contribution is 0.0952. The van der Waals surface area contributed by atoms with E-state index in [2.05, 4.69) is 11.2 Å². The van der Waals surface area contributed by atoms with Gasteiger partial charge in [0.1, 0.15) is 0 Å². The monoisotopic (exact) mass is 277 g/mol. The van der Waals surface area contributed by atoms with Crippen LogP contribution in [-0.2, 0) is 0 Å². The molecule has 1 aromatic rings. The number of methoxy groups -OCH3 is 3. The molecule has 108 valence electrons. The summed E-state index contributed by atoms with van der Waals surface area (Å²) in [6, 6.07) is 3.22. The second kappa shape index (κ2) is 7.95. The molecule has 20 heavy (non-hydrogen) atoms. The number of nitrogens with one attached hydrogen (secondary N) is 1. The van der Waals surface area contributed by atoms with Crippen LogP contribution in [0.1, 0.15) is 23.2 Å². The van der Waals surface area contributed by atoms with E-state index in [1.165, 1.54) is 21.3 Å². The highest BCUT2D eigenvalue weighted by molar-refractivity contribution is 5.95. The van der Waals surface area contributed by atoms with E-state index >= 15 is 0 Å². The first kappa shape index (κ1) is 15.7. The van der Waals surface area contributed by atoms with Gasteiger partial charge < -0.3 is 19.5 Å². The Labute approximate surface area is 119 Å². The van der Waals surface area contributed by atoms with Crippen LogP contribution in [0, 0.1) is 12.3 Å². The topological polar surface area (TPSA) is 56.8 Å². The van der Waals surface area contributed by atoms with Crippen LogP contribution in [0.15, 0.2) is 12.1 Å². The van der Waals surface area contributed by atoms with E-state index in [0.717, 1.165) is 6.42 Å². The molecular formula is C15H19NO4. The minimum absolute atomic E-state index is 0.207. The summed E-state index contributed by atoms with van der Waals surface area (Å²) in [5, 5.41) is 2.79. The molecule has 0 radical (unpaired) electrons. The maximum absolute atomic E-state index is 12.0. The summed E-state index contributed by atoms with van der Waals surface area (Å²) in [7, 11) is 4.53. The van der Waals surface area contributed by atoms with Crippen molar-refractivity contribution in [1.82, 2.24) is 5.32 Å². The third-order valence-electron chi connectivity index (χ3n) is 2.71. The molecule has 1 amide bonds. The maximum atomic E-state index is 12.0. The Hall–Kier alpha value is -2.35. The zero-order valence-electron chi connectivity index (χ0n) is 12.0. The number of unbranched alkanes of at least 4 members (excludes halogenated alkanes) is 1. The van der Waals surface area contributed by atoms with Gasteiger partial charge in [0.25, 0.3) is 5.91 Å². The molecule has 0 unspecified atom stereocenters. The summed E-state index contributed by atoms with van der Waals surface area (Å²) in [4.78, 5) is 12.0. The van der Waals surface area contributed by atoms with Gasteiger partial charge in [-0.15, -0.1) is 12.3 Å². The SMILES string of the molecule is C#CCCCNC(=O)c1cc(OC)c(OC)c(OC)c1. The molecule has 0 aromatic heterocycles. The Balaban J connectivity index is 2.90. The summed E-state index contributed by atoms with van der Waals surface area (Å²) in [6.07, 6.45) is 6.53. The largest absolute Gasteiger partial charge is 0.493 e. The normalized spacial score (nSPS) is 9.50. The number of carbonyl (C=O) groups is 1. The third-order valence-corrected chi connectivity index (χ3v) is 2.71. The van der Waals surface area contributed by atoms with Gasteiger partial charge in [0.15, 0.2) is 11.5 Å². The highest BCUT2D eigenvalue weighted by Crippen LogP contribution is 2.38. The minimum atomic E-state index is -0.207. The molecule has 0 heterocycles. The van der Waals surface area contributed by atoms with Crippen molar-refractivity contribution in [2.45, 2.75) is 12.8 Å². The second-order valence-electron chi connectivity index (χ2n) is 3.98. The molecule has 5 heteroatoms. The van der Waals surface area contributed by atoms with E-state index in [-0.39, 0.29) is 5.91 Å². The lowest BCUT2D eigenvalue weighted by Gasteiger charge is -2.14. The van der Waals surface area contributed by atoms with Crippen molar-refractivity contribution in [3.8, 4) is 29.6 Å². The van der Waals surface area contributed by atoms with E-state index in [1.54, 1.807) is 12.1 Å². The van der Waals surface area contributed by atoms with Crippen molar-refractivity contribution >= 4 is 5.91 Å². The van der Waals surface area contributed by atoms with Crippen molar-refractivity contribution in [1.29, 1.82) is 0 Å². The number of rotatable bonds is 7. The van der Waals surface area contributed by atoms with Crippen LogP contribution < -0.4 is 19.5 Å². The van der Waals surface area contributed by atoms with E-state index < -0.39 is 0 Å². The lowest BCUT2D eigenvalue weighted by Crippen LogP contribution is -2.24. The first-order valence-corrected chi connectivity index (χ1v) is 6.19. The van der Waals surface area contributed by atoms with Gasteiger partial charge in [-0.2, -0.15) is 0 Å². The molecular weight excluding hydrogens is 258 g/mol. The van der Waals surface area contributed by atoms with E-state index in [9.17, 15) is 4.79 Å². The zero-order valence-corrected chi connectivity index (χ0v) is 12.0. The lowest BCUT2D eigenvalue weighted by atomic mass is 10.1. The molecule has 0 aliphatic rings. The molecule has 1 rings (SSSR count). The van der Waals surface area contributed by atoms with Crippen molar-refractivity contribution < 1.29 is 19.0 Å². The summed E-state index contributed by atoms with van der Waals surface area (Å²) >= 11 is 0. The quantitative estimate of drug-likeness (QED) is 0.610. The molecule has 1 aromatic carbocycles. The Morgan fingerprint density at radius 2 is 1.80 bits per heavy atom. The predicted octanol–water partition coefficient (Wildman–Crippen LogP) is 1.86. The molecule has 0 atom stereocenters. The standard InChI is InChI=1S/C15H19NO4/c1-5-6-7-8-16-15(17)11-9-12(18-2)14(20-4)13(10-11)19-3/h1,9-10H,6-8H2,2-4H3,(H,16,17). The molecule has 0 saturated carbocycles. The first-order chi connectivity index (χ1) is 9.67. The van der Waals surface area contributed by atoms with Crippen molar-refractivity contribution in [2.75, 3.05) is 27.9 Å². The van der Waals surface area contributed by atoms with Gasteiger partial charge in [-0.05, 0) is 18.6 Å². The van der Waals surface area contributed by atoms with E-state index in [1.807, 2.05) is 0 Å². The summed E-state index contributed by atoms with van der Waals surface area (Å²) in [5.41, 5.74) is 0.445. The fourth-order valence-electron chi connectivity index (χ4n) is 1.71.